The molecule has 0 saturated heterocycles. The predicted octanol–water partition coefficient (Wildman–Crippen LogP) is 5.53. The molecule has 0 aliphatic heterocycles. The lowest BCUT2D eigenvalue weighted by atomic mass is 9.94. The van der Waals surface area contributed by atoms with Crippen LogP contribution < -0.4 is 0 Å². The van der Waals surface area contributed by atoms with E-state index in [2.05, 4.69) is 11.7 Å². The van der Waals surface area contributed by atoms with Gasteiger partial charge in [0.1, 0.15) is 0 Å². The molecule has 0 unspecified atom stereocenters. The summed E-state index contributed by atoms with van der Waals surface area (Å²) in [4.78, 5) is 23.7. The lowest BCUT2D eigenvalue weighted by molar-refractivity contribution is -0.190. The van der Waals surface area contributed by atoms with Crippen LogP contribution >= 0.6 is 0 Å². The molecule has 0 spiro atoms. The minimum atomic E-state index is -4.45. The molecule has 0 saturated carbocycles. The lowest BCUT2D eigenvalue weighted by Gasteiger charge is -2.22. The molecule has 27 heavy (non-hydrogen) atoms. The summed E-state index contributed by atoms with van der Waals surface area (Å²) in [5.74, 6) is -6.70. The number of carbonyl (C=O) groups excluding carboxylic acids is 2. The highest BCUT2D eigenvalue weighted by Crippen LogP contribution is 2.26. The van der Waals surface area contributed by atoms with Crippen LogP contribution in [0, 0.1) is 5.41 Å². The molecular formula is C19H32F4O4. The second-order valence-electron chi connectivity index (χ2n) is 7.23. The van der Waals surface area contributed by atoms with Gasteiger partial charge in [0.25, 0.3) is 0 Å². The number of unbranched alkanes of at least 4 members (excludes halogenated alkanes) is 8. The average molecular weight is 400 g/mol. The van der Waals surface area contributed by atoms with Gasteiger partial charge < -0.3 is 9.47 Å². The number of hydrogen-bond donors (Lipinski definition) is 0. The van der Waals surface area contributed by atoms with Crippen molar-refractivity contribution in [2.45, 2.75) is 90.9 Å². The maximum atomic E-state index is 12.8. The summed E-state index contributed by atoms with van der Waals surface area (Å²) < 4.78 is 58.9. The van der Waals surface area contributed by atoms with Crippen LogP contribution in [0.5, 0.6) is 0 Å². The van der Waals surface area contributed by atoms with E-state index >= 15 is 0 Å². The van der Waals surface area contributed by atoms with Gasteiger partial charge >= 0.3 is 24.3 Å². The second-order valence-corrected chi connectivity index (χ2v) is 7.23. The van der Waals surface area contributed by atoms with Crippen LogP contribution in [0.2, 0.25) is 0 Å². The van der Waals surface area contributed by atoms with Crippen LogP contribution in [-0.4, -0.2) is 37.5 Å². The van der Waals surface area contributed by atoms with Gasteiger partial charge in [-0.25, -0.2) is 8.78 Å². The smallest absolute Gasteiger partial charge is 0.340 e. The van der Waals surface area contributed by atoms with E-state index < -0.39 is 36.3 Å². The first kappa shape index (κ1) is 25.7. The fourth-order valence-electron chi connectivity index (χ4n) is 2.25. The van der Waals surface area contributed by atoms with Gasteiger partial charge in [0.15, 0.2) is 12.0 Å². The molecule has 0 amide bonds. The Balaban J connectivity index is 3.99. The van der Waals surface area contributed by atoms with Gasteiger partial charge in [0.05, 0.1) is 6.61 Å². The summed E-state index contributed by atoms with van der Waals surface area (Å²) in [7, 11) is 0. The number of rotatable bonds is 15. The Kier molecular flexibility index (Phi) is 12.3. The summed E-state index contributed by atoms with van der Waals surface area (Å²) in [6.45, 7) is 2.79. The van der Waals surface area contributed by atoms with E-state index in [1.165, 1.54) is 32.1 Å². The Hall–Kier alpha value is -1.34. The number of ether oxygens (including phenoxy) is 2. The molecule has 0 aromatic carbocycles. The van der Waals surface area contributed by atoms with Gasteiger partial charge in [-0.3, -0.25) is 9.59 Å². The first-order chi connectivity index (χ1) is 12.6. The molecular weight excluding hydrogens is 368 g/mol. The standard InChI is InChI=1S/C19H32F4O4/c1-4-5-6-7-8-9-10-11-12-13-26-16(24)18(2,3)17(25)27-14-19(22,23)15(20)21/h15H,4-14H2,1-3H3. The van der Waals surface area contributed by atoms with Crippen molar-refractivity contribution >= 4 is 11.9 Å². The zero-order valence-electron chi connectivity index (χ0n) is 16.5. The first-order valence-electron chi connectivity index (χ1n) is 9.56. The molecule has 4 nitrogen and oxygen atoms in total. The topological polar surface area (TPSA) is 52.6 Å². The maximum Gasteiger partial charge on any atom is 0.340 e. The highest BCUT2D eigenvalue weighted by molar-refractivity contribution is 5.99. The zero-order chi connectivity index (χ0) is 20.9. The van der Waals surface area contributed by atoms with Crippen LogP contribution in [0.25, 0.3) is 0 Å². The summed E-state index contributed by atoms with van der Waals surface area (Å²) in [6, 6.07) is 0. The molecule has 0 bridgehead atoms. The Morgan fingerprint density at radius 1 is 0.815 bits per heavy atom. The van der Waals surface area contributed by atoms with Crippen molar-refractivity contribution in [3.8, 4) is 0 Å². The molecule has 0 aromatic rings. The van der Waals surface area contributed by atoms with Crippen molar-refractivity contribution in [2.24, 2.45) is 5.41 Å². The van der Waals surface area contributed by atoms with E-state index in [4.69, 9.17) is 4.74 Å². The van der Waals surface area contributed by atoms with E-state index in [0.717, 1.165) is 33.1 Å². The van der Waals surface area contributed by atoms with Gasteiger partial charge in [-0.15, -0.1) is 0 Å². The third-order valence-electron chi connectivity index (χ3n) is 4.22. The van der Waals surface area contributed by atoms with Crippen molar-refractivity contribution < 1.29 is 36.6 Å². The first-order valence-corrected chi connectivity index (χ1v) is 9.56. The molecule has 0 atom stereocenters. The van der Waals surface area contributed by atoms with Crippen molar-refractivity contribution in [3.63, 3.8) is 0 Å². The highest BCUT2D eigenvalue weighted by atomic mass is 19.3. The molecule has 0 aromatic heterocycles. The molecule has 0 rings (SSSR count). The summed E-state index contributed by atoms with van der Waals surface area (Å²) >= 11 is 0. The molecule has 160 valence electrons. The molecule has 0 N–H and O–H groups in total. The van der Waals surface area contributed by atoms with Crippen molar-refractivity contribution in [1.29, 1.82) is 0 Å². The molecule has 0 heterocycles. The second kappa shape index (κ2) is 12.9. The van der Waals surface area contributed by atoms with Crippen LogP contribution in [0.15, 0.2) is 0 Å². The van der Waals surface area contributed by atoms with Gasteiger partial charge in [0.2, 0.25) is 0 Å². The molecule has 0 fully saturated rings. The van der Waals surface area contributed by atoms with Gasteiger partial charge in [-0.2, -0.15) is 8.78 Å². The SMILES string of the molecule is CCCCCCCCCCCOC(=O)C(C)(C)C(=O)OCC(F)(F)C(F)F. The normalized spacial score (nSPS) is 12.3. The van der Waals surface area contributed by atoms with E-state index in [0.29, 0.717) is 6.42 Å². The Labute approximate surface area is 159 Å². The maximum absolute atomic E-state index is 12.8. The predicted molar refractivity (Wildman–Crippen MR) is 93.9 cm³/mol. The van der Waals surface area contributed by atoms with Crippen molar-refractivity contribution in [3.05, 3.63) is 0 Å². The highest BCUT2D eigenvalue weighted by Gasteiger charge is 2.45. The molecule has 0 aliphatic rings. The number of esters is 2. The third kappa shape index (κ3) is 10.5. The molecule has 0 aliphatic carbocycles. The van der Waals surface area contributed by atoms with E-state index in [1.807, 2.05) is 0 Å². The number of alkyl halides is 4. The number of carbonyl (C=O) groups is 2. The fourth-order valence-corrected chi connectivity index (χ4v) is 2.25. The zero-order valence-corrected chi connectivity index (χ0v) is 16.5. The van der Waals surface area contributed by atoms with Crippen LogP contribution in [0.3, 0.4) is 0 Å². The molecule has 8 heteroatoms. The number of hydrogen-bond acceptors (Lipinski definition) is 4. The minimum absolute atomic E-state index is 0.110. The largest absolute Gasteiger partial charge is 0.465 e. The van der Waals surface area contributed by atoms with Crippen LogP contribution in [0.4, 0.5) is 17.6 Å². The monoisotopic (exact) mass is 400 g/mol. The number of halogens is 4. The van der Waals surface area contributed by atoms with Crippen LogP contribution in [-0.2, 0) is 19.1 Å². The van der Waals surface area contributed by atoms with Crippen molar-refractivity contribution in [2.75, 3.05) is 13.2 Å². The minimum Gasteiger partial charge on any atom is -0.465 e. The third-order valence-corrected chi connectivity index (χ3v) is 4.22. The quantitative estimate of drug-likeness (QED) is 0.157. The van der Waals surface area contributed by atoms with E-state index in [9.17, 15) is 27.2 Å². The van der Waals surface area contributed by atoms with Crippen molar-refractivity contribution in [1.82, 2.24) is 0 Å². The van der Waals surface area contributed by atoms with Gasteiger partial charge in [0, 0.05) is 0 Å². The van der Waals surface area contributed by atoms with E-state index in [1.54, 1.807) is 0 Å². The molecule has 0 radical (unpaired) electrons. The van der Waals surface area contributed by atoms with Gasteiger partial charge in [-0.1, -0.05) is 58.3 Å². The average Bonchev–Trinajstić information content (AvgIpc) is 2.60. The summed E-state index contributed by atoms with van der Waals surface area (Å²) in [5, 5.41) is 0. The lowest BCUT2D eigenvalue weighted by Crippen LogP contribution is -2.40. The summed E-state index contributed by atoms with van der Waals surface area (Å²) in [6.07, 6.45) is 5.84. The van der Waals surface area contributed by atoms with E-state index in [-0.39, 0.29) is 6.61 Å². The summed E-state index contributed by atoms with van der Waals surface area (Å²) in [5.41, 5.74) is -1.84. The van der Waals surface area contributed by atoms with Crippen LogP contribution in [0.1, 0.15) is 78.6 Å². The Morgan fingerprint density at radius 2 is 1.26 bits per heavy atom. The Morgan fingerprint density at radius 3 is 1.74 bits per heavy atom. The fraction of sp³-hybridized carbons (Fsp3) is 0.895. The Bertz CT molecular complexity index is 439. The van der Waals surface area contributed by atoms with Gasteiger partial charge in [-0.05, 0) is 20.3 Å².